The highest BCUT2D eigenvalue weighted by Gasteiger charge is 2.31. The second-order valence-corrected chi connectivity index (χ2v) is 7.80. The monoisotopic (exact) mass is 298 g/mol. The number of hydrogen-bond acceptors (Lipinski definition) is 3. The Kier molecular flexibility index (Phi) is 9.76. The normalized spacial score (nSPS) is 26.0. The zero-order valence-corrected chi connectivity index (χ0v) is 14.7. The van der Waals surface area contributed by atoms with Crippen molar-refractivity contribution in [1.82, 2.24) is 0 Å². The number of carbonyl (C=O) groups is 2. The van der Waals surface area contributed by atoms with Crippen LogP contribution in [0.4, 0.5) is 0 Å². The summed E-state index contributed by atoms with van der Waals surface area (Å²) in [6.45, 7) is 13.2. The van der Waals surface area contributed by atoms with Crippen molar-refractivity contribution in [2.75, 3.05) is 6.61 Å². The molecule has 1 aliphatic rings. The molecule has 0 bridgehead atoms. The number of ether oxygens (including phenoxy) is 1. The summed E-state index contributed by atoms with van der Waals surface area (Å²) in [6, 6.07) is 0. The Hall–Kier alpha value is -0.700. The van der Waals surface area contributed by atoms with Gasteiger partial charge in [-0.25, -0.2) is 0 Å². The van der Waals surface area contributed by atoms with Gasteiger partial charge in [-0.2, -0.15) is 0 Å². The lowest BCUT2D eigenvalue weighted by Gasteiger charge is -2.36. The van der Waals surface area contributed by atoms with Crippen LogP contribution in [0.2, 0.25) is 0 Å². The molecule has 0 saturated heterocycles. The highest BCUT2D eigenvalue weighted by Crippen LogP contribution is 2.35. The Morgan fingerprint density at radius 2 is 1.76 bits per heavy atom. The minimum absolute atomic E-state index is 0.182. The number of carbonyl (C=O) groups excluding carboxylic acids is 2. The highest BCUT2D eigenvalue weighted by atomic mass is 16.5. The molecule has 1 fully saturated rings. The van der Waals surface area contributed by atoms with Crippen LogP contribution in [0.5, 0.6) is 0 Å². The average Bonchev–Trinajstić information content (AvgIpc) is 2.35. The van der Waals surface area contributed by atoms with Gasteiger partial charge in [-0.1, -0.05) is 48.0 Å². The standard InChI is InChI=1S/C12H22O2.C6H12O/c1-9(2)11-5-4-10(3)8-12(11)14-7-6-13;1-6(2,3)4-5-7/h6,9-12H,4-5,7-8H2,1-3H3;5H,4H2,1-3H3. The molecular weight excluding hydrogens is 264 g/mol. The smallest absolute Gasteiger partial charge is 0.145 e. The maximum Gasteiger partial charge on any atom is 0.145 e. The molecule has 0 aliphatic heterocycles. The van der Waals surface area contributed by atoms with Crippen molar-refractivity contribution in [3.63, 3.8) is 0 Å². The van der Waals surface area contributed by atoms with Gasteiger partial charge in [0.1, 0.15) is 19.2 Å². The molecule has 0 radical (unpaired) electrons. The van der Waals surface area contributed by atoms with E-state index in [-0.39, 0.29) is 12.0 Å². The quantitative estimate of drug-likeness (QED) is 0.711. The summed E-state index contributed by atoms with van der Waals surface area (Å²) < 4.78 is 5.61. The average molecular weight is 298 g/mol. The van der Waals surface area contributed by atoms with Crippen molar-refractivity contribution in [2.24, 2.45) is 23.2 Å². The van der Waals surface area contributed by atoms with Crippen molar-refractivity contribution < 1.29 is 14.3 Å². The maximum absolute atomic E-state index is 10.3. The SMILES string of the molecule is CC(C)(C)CC=O.CC1CCC(C(C)C)C(OCC=O)C1. The van der Waals surface area contributed by atoms with Crippen LogP contribution >= 0.6 is 0 Å². The Morgan fingerprint density at radius 1 is 1.14 bits per heavy atom. The molecule has 3 nitrogen and oxygen atoms in total. The molecule has 3 unspecified atom stereocenters. The molecule has 0 aromatic rings. The molecule has 0 amide bonds. The number of rotatable bonds is 5. The first kappa shape index (κ1) is 20.3. The molecule has 0 spiro atoms. The fourth-order valence-electron chi connectivity index (χ4n) is 2.72. The molecule has 124 valence electrons. The van der Waals surface area contributed by atoms with Gasteiger partial charge in [0.2, 0.25) is 0 Å². The first-order chi connectivity index (χ1) is 9.71. The van der Waals surface area contributed by atoms with E-state index in [0.717, 1.165) is 24.9 Å². The first-order valence-electron chi connectivity index (χ1n) is 8.20. The van der Waals surface area contributed by atoms with Crippen LogP contribution in [0.1, 0.15) is 67.2 Å². The molecule has 3 atom stereocenters. The van der Waals surface area contributed by atoms with Crippen molar-refractivity contribution in [2.45, 2.75) is 73.3 Å². The zero-order valence-electron chi connectivity index (χ0n) is 14.7. The van der Waals surface area contributed by atoms with Crippen molar-refractivity contribution in [3.8, 4) is 0 Å². The van der Waals surface area contributed by atoms with E-state index in [2.05, 4.69) is 20.8 Å². The Balaban J connectivity index is 0.000000486. The molecule has 21 heavy (non-hydrogen) atoms. The Morgan fingerprint density at radius 3 is 2.14 bits per heavy atom. The van der Waals surface area contributed by atoms with Gasteiger partial charge in [-0.3, -0.25) is 0 Å². The predicted octanol–water partition coefficient (Wildman–Crippen LogP) is 4.28. The molecule has 1 aliphatic carbocycles. The van der Waals surface area contributed by atoms with Gasteiger partial charge in [0.25, 0.3) is 0 Å². The molecule has 1 saturated carbocycles. The topological polar surface area (TPSA) is 43.4 Å². The third-order valence-electron chi connectivity index (χ3n) is 4.04. The zero-order chi connectivity index (χ0) is 16.5. The molecule has 0 N–H and O–H groups in total. The highest BCUT2D eigenvalue weighted by molar-refractivity contribution is 5.50. The number of aldehydes is 2. The predicted molar refractivity (Wildman–Crippen MR) is 87.3 cm³/mol. The van der Waals surface area contributed by atoms with Gasteiger partial charge in [0.05, 0.1) is 6.10 Å². The van der Waals surface area contributed by atoms with E-state index in [1.807, 2.05) is 20.8 Å². The van der Waals surface area contributed by atoms with E-state index in [0.29, 0.717) is 24.4 Å². The fourth-order valence-corrected chi connectivity index (χ4v) is 2.72. The molecule has 3 heteroatoms. The van der Waals surface area contributed by atoms with Crippen LogP contribution in [-0.2, 0) is 14.3 Å². The Bertz CT molecular complexity index is 291. The largest absolute Gasteiger partial charge is 0.370 e. The Labute approximate surface area is 130 Å². The van der Waals surface area contributed by atoms with E-state index >= 15 is 0 Å². The molecular formula is C18H34O3. The van der Waals surface area contributed by atoms with Crippen LogP contribution in [-0.4, -0.2) is 25.3 Å². The lowest BCUT2D eigenvalue weighted by atomic mass is 9.75. The maximum atomic E-state index is 10.3. The van der Waals surface area contributed by atoms with Crippen LogP contribution in [0.25, 0.3) is 0 Å². The van der Waals surface area contributed by atoms with Crippen molar-refractivity contribution in [3.05, 3.63) is 0 Å². The van der Waals surface area contributed by atoms with Crippen molar-refractivity contribution >= 4 is 12.6 Å². The number of hydrogen-bond donors (Lipinski definition) is 0. The van der Waals surface area contributed by atoms with Gasteiger partial charge >= 0.3 is 0 Å². The lowest BCUT2D eigenvalue weighted by Crippen LogP contribution is -2.34. The first-order valence-corrected chi connectivity index (χ1v) is 8.20. The summed E-state index contributed by atoms with van der Waals surface area (Å²) in [4.78, 5) is 20.1. The molecule has 1 rings (SSSR count). The van der Waals surface area contributed by atoms with Crippen LogP contribution in [0, 0.1) is 23.2 Å². The van der Waals surface area contributed by atoms with E-state index in [4.69, 9.17) is 4.74 Å². The van der Waals surface area contributed by atoms with Crippen molar-refractivity contribution in [1.29, 1.82) is 0 Å². The van der Waals surface area contributed by atoms with Crippen LogP contribution < -0.4 is 0 Å². The van der Waals surface area contributed by atoms with Crippen LogP contribution in [0.3, 0.4) is 0 Å². The summed E-state index contributed by atoms with van der Waals surface area (Å²) in [6.07, 6.45) is 6.47. The lowest BCUT2D eigenvalue weighted by molar-refractivity contribution is -0.117. The minimum atomic E-state index is 0.182. The summed E-state index contributed by atoms with van der Waals surface area (Å²) >= 11 is 0. The van der Waals surface area contributed by atoms with Gasteiger partial charge in [0.15, 0.2) is 0 Å². The summed E-state index contributed by atoms with van der Waals surface area (Å²) in [5.74, 6) is 2.06. The van der Waals surface area contributed by atoms with E-state index in [9.17, 15) is 9.59 Å². The van der Waals surface area contributed by atoms with Crippen LogP contribution in [0.15, 0.2) is 0 Å². The third-order valence-corrected chi connectivity index (χ3v) is 4.04. The van der Waals surface area contributed by atoms with E-state index < -0.39 is 0 Å². The van der Waals surface area contributed by atoms with Gasteiger partial charge in [-0.15, -0.1) is 0 Å². The summed E-state index contributed by atoms with van der Waals surface area (Å²) in [7, 11) is 0. The van der Waals surface area contributed by atoms with Gasteiger partial charge < -0.3 is 14.3 Å². The minimum Gasteiger partial charge on any atom is -0.370 e. The van der Waals surface area contributed by atoms with Gasteiger partial charge in [0, 0.05) is 6.42 Å². The summed E-state index contributed by atoms with van der Waals surface area (Å²) in [5.41, 5.74) is 0.182. The van der Waals surface area contributed by atoms with Gasteiger partial charge in [-0.05, 0) is 36.0 Å². The second kappa shape index (κ2) is 10.1. The van der Waals surface area contributed by atoms with E-state index in [1.54, 1.807) is 0 Å². The molecule has 0 aromatic heterocycles. The molecule has 0 aromatic carbocycles. The third kappa shape index (κ3) is 9.78. The summed E-state index contributed by atoms with van der Waals surface area (Å²) in [5, 5.41) is 0. The second-order valence-electron chi connectivity index (χ2n) is 7.80. The molecule has 0 heterocycles. The fraction of sp³-hybridized carbons (Fsp3) is 0.889. The van der Waals surface area contributed by atoms with E-state index in [1.165, 1.54) is 12.8 Å².